The molecule has 0 radical (unpaired) electrons. The third-order valence-electron chi connectivity index (χ3n) is 1.57. The van der Waals surface area contributed by atoms with Crippen LogP contribution in [0.3, 0.4) is 0 Å². The Morgan fingerprint density at radius 2 is 2.33 bits per heavy atom. The van der Waals surface area contributed by atoms with Crippen LogP contribution in [0.25, 0.3) is 0 Å². The lowest BCUT2D eigenvalue weighted by Crippen LogP contribution is -2.01. The Kier molecular flexibility index (Phi) is 3.52. The summed E-state index contributed by atoms with van der Waals surface area (Å²) in [5.41, 5.74) is 1.02. The SMILES string of the molecule is COCc1nn(C(C)C)cc1I. The van der Waals surface area contributed by atoms with Gasteiger partial charge in [0.1, 0.15) is 5.69 Å². The van der Waals surface area contributed by atoms with Gasteiger partial charge in [-0.25, -0.2) is 0 Å². The zero-order chi connectivity index (χ0) is 9.14. The Morgan fingerprint density at radius 1 is 1.67 bits per heavy atom. The van der Waals surface area contributed by atoms with Crippen LogP contribution in [0.15, 0.2) is 6.20 Å². The molecule has 0 aliphatic rings. The maximum Gasteiger partial charge on any atom is 0.101 e. The molecule has 0 N–H and O–H groups in total. The number of rotatable bonds is 3. The largest absolute Gasteiger partial charge is 0.378 e. The Bertz CT molecular complexity index is 258. The van der Waals surface area contributed by atoms with Gasteiger partial charge in [0.15, 0.2) is 0 Å². The second kappa shape index (κ2) is 4.23. The summed E-state index contributed by atoms with van der Waals surface area (Å²) in [5, 5.41) is 4.38. The average Bonchev–Trinajstić information content (AvgIpc) is 2.34. The first kappa shape index (κ1) is 9.98. The molecule has 1 heterocycles. The second-order valence-electron chi connectivity index (χ2n) is 2.93. The molecule has 0 unspecified atom stereocenters. The summed E-state index contributed by atoms with van der Waals surface area (Å²) < 4.78 is 8.15. The third kappa shape index (κ3) is 2.20. The van der Waals surface area contributed by atoms with Crippen LogP contribution >= 0.6 is 22.6 Å². The van der Waals surface area contributed by atoms with E-state index in [1.165, 1.54) is 3.57 Å². The van der Waals surface area contributed by atoms with E-state index in [0.29, 0.717) is 12.6 Å². The summed E-state index contributed by atoms with van der Waals surface area (Å²) in [7, 11) is 1.68. The van der Waals surface area contributed by atoms with E-state index >= 15 is 0 Å². The number of nitrogens with zero attached hydrogens (tertiary/aromatic N) is 2. The van der Waals surface area contributed by atoms with Crippen LogP contribution in [0.1, 0.15) is 25.6 Å². The Morgan fingerprint density at radius 3 is 2.75 bits per heavy atom. The number of ether oxygens (including phenoxy) is 1. The van der Waals surface area contributed by atoms with Gasteiger partial charge in [0.25, 0.3) is 0 Å². The molecule has 0 atom stereocenters. The second-order valence-corrected chi connectivity index (χ2v) is 4.09. The Balaban J connectivity index is 2.85. The summed E-state index contributed by atoms with van der Waals surface area (Å²) >= 11 is 2.27. The first-order valence-corrected chi connectivity index (χ1v) is 4.95. The van der Waals surface area contributed by atoms with E-state index in [2.05, 4.69) is 41.5 Å². The molecule has 0 aliphatic heterocycles. The zero-order valence-corrected chi connectivity index (χ0v) is 9.70. The third-order valence-corrected chi connectivity index (χ3v) is 2.47. The van der Waals surface area contributed by atoms with Crippen molar-refractivity contribution in [1.82, 2.24) is 9.78 Å². The summed E-state index contributed by atoms with van der Waals surface area (Å²) in [6, 6.07) is 0.420. The molecule has 0 aliphatic carbocycles. The van der Waals surface area contributed by atoms with Crippen LogP contribution in [0.5, 0.6) is 0 Å². The van der Waals surface area contributed by atoms with Crippen LogP contribution in [0.4, 0.5) is 0 Å². The summed E-state index contributed by atoms with van der Waals surface area (Å²) in [6.45, 7) is 4.82. The highest BCUT2D eigenvalue weighted by Gasteiger charge is 2.07. The Labute approximate surface area is 86.2 Å². The van der Waals surface area contributed by atoms with Crippen molar-refractivity contribution in [2.24, 2.45) is 0 Å². The van der Waals surface area contributed by atoms with E-state index in [9.17, 15) is 0 Å². The van der Waals surface area contributed by atoms with Crippen molar-refractivity contribution in [2.75, 3.05) is 7.11 Å². The molecule has 0 saturated carbocycles. The van der Waals surface area contributed by atoms with Gasteiger partial charge in [-0.2, -0.15) is 5.10 Å². The van der Waals surface area contributed by atoms with Crippen LogP contribution in [-0.2, 0) is 11.3 Å². The lowest BCUT2D eigenvalue weighted by Gasteiger charge is -2.02. The standard InChI is InChI=1S/C8H13IN2O/c1-6(2)11-4-7(9)8(10-11)5-12-3/h4,6H,5H2,1-3H3. The number of halogens is 1. The quantitative estimate of drug-likeness (QED) is 0.794. The molecular formula is C8H13IN2O. The molecule has 12 heavy (non-hydrogen) atoms. The van der Waals surface area contributed by atoms with Crippen molar-refractivity contribution in [3.63, 3.8) is 0 Å². The Hall–Kier alpha value is -0.100. The van der Waals surface area contributed by atoms with Crippen molar-refractivity contribution in [3.8, 4) is 0 Å². The molecule has 0 aromatic carbocycles. The van der Waals surface area contributed by atoms with Gasteiger partial charge < -0.3 is 4.74 Å². The smallest absolute Gasteiger partial charge is 0.101 e. The molecule has 0 fully saturated rings. The normalized spacial score (nSPS) is 11.1. The van der Waals surface area contributed by atoms with Crippen molar-refractivity contribution >= 4 is 22.6 Å². The molecule has 68 valence electrons. The van der Waals surface area contributed by atoms with Crippen molar-refractivity contribution in [3.05, 3.63) is 15.5 Å². The fourth-order valence-electron chi connectivity index (χ4n) is 0.906. The fourth-order valence-corrected chi connectivity index (χ4v) is 1.45. The van der Waals surface area contributed by atoms with Gasteiger partial charge in [-0.05, 0) is 36.4 Å². The molecular weight excluding hydrogens is 267 g/mol. The van der Waals surface area contributed by atoms with E-state index in [1.807, 2.05) is 10.9 Å². The van der Waals surface area contributed by atoms with Crippen LogP contribution in [0.2, 0.25) is 0 Å². The van der Waals surface area contributed by atoms with Gasteiger partial charge in [0.05, 0.1) is 10.2 Å². The van der Waals surface area contributed by atoms with Crippen LogP contribution in [-0.4, -0.2) is 16.9 Å². The summed E-state index contributed by atoms with van der Waals surface area (Å²) in [5.74, 6) is 0. The summed E-state index contributed by atoms with van der Waals surface area (Å²) in [4.78, 5) is 0. The minimum Gasteiger partial charge on any atom is -0.378 e. The summed E-state index contributed by atoms with van der Waals surface area (Å²) in [6.07, 6.45) is 2.04. The van der Waals surface area contributed by atoms with Crippen LogP contribution in [0, 0.1) is 3.57 Å². The number of hydrogen-bond acceptors (Lipinski definition) is 2. The van der Waals surface area contributed by atoms with Gasteiger partial charge >= 0.3 is 0 Å². The maximum atomic E-state index is 5.02. The van der Waals surface area contributed by atoms with Gasteiger partial charge in [-0.1, -0.05) is 0 Å². The van der Waals surface area contributed by atoms with Gasteiger partial charge in [0, 0.05) is 19.3 Å². The van der Waals surface area contributed by atoms with Crippen molar-refractivity contribution < 1.29 is 4.74 Å². The lowest BCUT2D eigenvalue weighted by atomic mass is 10.4. The van der Waals surface area contributed by atoms with Crippen LogP contribution < -0.4 is 0 Å². The lowest BCUT2D eigenvalue weighted by molar-refractivity contribution is 0.180. The van der Waals surface area contributed by atoms with E-state index in [0.717, 1.165) is 5.69 Å². The number of hydrogen-bond donors (Lipinski definition) is 0. The molecule has 0 spiro atoms. The molecule has 1 aromatic heterocycles. The highest BCUT2D eigenvalue weighted by Crippen LogP contribution is 2.13. The molecule has 1 aromatic rings. The minimum absolute atomic E-state index is 0.420. The number of methoxy groups -OCH3 is 1. The zero-order valence-electron chi connectivity index (χ0n) is 7.54. The van der Waals surface area contributed by atoms with Crippen molar-refractivity contribution in [1.29, 1.82) is 0 Å². The molecule has 0 bridgehead atoms. The fraction of sp³-hybridized carbons (Fsp3) is 0.625. The average molecular weight is 280 g/mol. The molecule has 0 saturated heterocycles. The van der Waals surface area contributed by atoms with E-state index < -0.39 is 0 Å². The molecule has 0 amide bonds. The highest BCUT2D eigenvalue weighted by molar-refractivity contribution is 14.1. The van der Waals surface area contributed by atoms with Crippen molar-refractivity contribution in [2.45, 2.75) is 26.5 Å². The highest BCUT2D eigenvalue weighted by atomic mass is 127. The molecule has 3 nitrogen and oxygen atoms in total. The van der Waals surface area contributed by atoms with E-state index in [1.54, 1.807) is 7.11 Å². The van der Waals surface area contributed by atoms with E-state index in [-0.39, 0.29) is 0 Å². The first-order valence-electron chi connectivity index (χ1n) is 3.87. The monoisotopic (exact) mass is 280 g/mol. The minimum atomic E-state index is 0.420. The topological polar surface area (TPSA) is 27.1 Å². The first-order chi connectivity index (χ1) is 5.65. The molecule has 4 heteroatoms. The van der Waals surface area contributed by atoms with Gasteiger partial charge in [-0.3, -0.25) is 4.68 Å². The predicted octanol–water partition coefficient (Wildman–Crippen LogP) is 2.21. The van der Waals surface area contributed by atoms with Gasteiger partial charge in [-0.15, -0.1) is 0 Å². The molecule has 1 rings (SSSR count). The maximum absolute atomic E-state index is 5.02. The predicted molar refractivity (Wildman–Crippen MR) is 56.0 cm³/mol. The van der Waals surface area contributed by atoms with E-state index in [4.69, 9.17) is 4.74 Å². The number of aromatic nitrogens is 2. The van der Waals surface area contributed by atoms with Gasteiger partial charge in [0.2, 0.25) is 0 Å².